The Morgan fingerprint density at radius 3 is 2.69 bits per heavy atom. The lowest BCUT2D eigenvalue weighted by Gasteiger charge is -2.09. The van der Waals surface area contributed by atoms with Gasteiger partial charge in [-0.2, -0.15) is 0 Å². The van der Waals surface area contributed by atoms with Crippen molar-refractivity contribution < 1.29 is 15.0 Å². The van der Waals surface area contributed by atoms with E-state index >= 15 is 0 Å². The average molecular weight is 288 g/mol. The highest BCUT2D eigenvalue weighted by molar-refractivity contribution is 9.09. The van der Waals surface area contributed by atoms with Crippen LogP contribution in [0.1, 0.15) is 23.7 Å². The number of hydrogen-bond acceptors (Lipinski definition) is 3. The molecule has 0 aliphatic rings. The number of aliphatic hydroxyl groups is 1. The van der Waals surface area contributed by atoms with Gasteiger partial charge in [-0.25, -0.2) is 4.79 Å². The maximum atomic E-state index is 10.6. The lowest BCUT2D eigenvalue weighted by molar-refractivity contribution is -0.146. The van der Waals surface area contributed by atoms with Gasteiger partial charge < -0.3 is 15.9 Å². The smallest absolute Gasteiger partial charge is 0.337 e. The summed E-state index contributed by atoms with van der Waals surface area (Å²) in [5.74, 6) is -1.27. The highest BCUT2D eigenvalue weighted by Crippen LogP contribution is 2.20. The van der Waals surface area contributed by atoms with Crippen molar-refractivity contribution >= 4 is 27.6 Å². The first-order valence-corrected chi connectivity index (χ1v) is 6.03. The van der Waals surface area contributed by atoms with Gasteiger partial charge >= 0.3 is 5.97 Å². The number of hydrogen-bond donors (Lipinski definition) is 3. The van der Waals surface area contributed by atoms with Crippen LogP contribution in [0.3, 0.4) is 0 Å². The summed E-state index contributed by atoms with van der Waals surface area (Å²) >= 11 is 3.32. The molecule has 0 aliphatic heterocycles. The van der Waals surface area contributed by atoms with Gasteiger partial charge in [0.1, 0.15) is 0 Å². The molecule has 1 unspecified atom stereocenters. The fourth-order valence-electron chi connectivity index (χ4n) is 1.46. The largest absolute Gasteiger partial charge is 0.479 e. The summed E-state index contributed by atoms with van der Waals surface area (Å²) in [6, 6.07) is 4.95. The van der Waals surface area contributed by atoms with Crippen molar-refractivity contribution in [2.45, 2.75) is 18.9 Å². The SMILES string of the molecule is Nc1cc(CCCBr)cc(C(O)C(=O)O)c1. The second-order valence-corrected chi connectivity index (χ2v) is 4.33. The Morgan fingerprint density at radius 2 is 2.12 bits per heavy atom. The fourth-order valence-corrected chi connectivity index (χ4v) is 1.74. The molecule has 88 valence electrons. The number of nitrogen functional groups attached to an aromatic ring is 1. The van der Waals surface area contributed by atoms with E-state index < -0.39 is 12.1 Å². The molecule has 1 aromatic rings. The molecular formula is C11H14BrNO3. The number of carboxylic acid groups (broad SMARTS) is 1. The zero-order valence-electron chi connectivity index (χ0n) is 8.69. The van der Waals surface area contributed by atoms with Gasteiger partial charge in [0, 0.05) is 11.0 Å². The molecule has 16 heavy (non-hydrogen) atoms. The molecule has 5 heteroatoms. The van der Waals surface area contributed by atoms with E-state index in [1.807, 2.05) is 0 Å². The van der Waals surface area contributed by atoms with Crippen molar-refractivity contribution in [2.75, 3.05) is 11.1 Å². The molecule has 1 aromatic carbocycles. The first kappa shape index (κ1) is 13.0. The molecule has 4 N–H and O–H groups in total. The molecule has 0 saturated heterocycles. The number of aliphatic hydroxyl groups excluding tert-OH is 1. The van der Waals surface area contributed by atoms with Crippen molar-refractivity contribution in [3.63, 3.8) is 0 Å². The van der Waals surface area contributed by atoms with Gasteiger partial charge in [0.2, 0.25) is 0 Å². The third kappa shape index (κ3) is 3.50. The summed E-state index contributed by atoms with van der Waals surface area (Å²) in [4.78, 5) is 10.6. The topological polar surface area (TPSA) is 83.5 Å². The lowest BCUT2D eigenvalue weighted by atomic mass is 10.0. The second kappa shape index (κ2) is 5.86. The van der Waals surface area contributed by atoms with Gasteiger partial charge in [0.05, 0.1) is 0 Å². The van der Waals surface area contributed by atoms with E-state index in [4.69, 9.17) is 10.8 Å². The average Bonchev–Trinajstić information content (AvgIpc) is 2.24. The van der Waals surface area contributed by atoms with Gasteiger partial charge in [-0.3, -0.25) is 0 Å². The summed E-state index contributed by atoms with van der Waals surface area (Å²) in [6.45, 7) is 0. The Hall–Kier alpha value is -1.07. The molecule has 0 aliphatic carbocycles. The van der Waals surface area contributed by atoms with E-state index in [-0.39, 0.29) is 0 Å². The molecule has 0 amide bonds. The standard InChI is InChI=1S/C11H14BrNO3/c12-3-1-2-7-4-8(6-9(13)5-7)10(14)11(15)16/h4-6,10,14H,1-3,13H2,(H,15,16). The number of rotatable bonds is 5. The van der Waals surface area contributed by atoms with E-state index in [1.165, 1.54) is 6.07 Å². The molecular weight excluding hydrogens is 274 g/mol. The maximum Gasteiger partial charge on any atom is 0.337 e. The number of carbonyl (C=O) groups is 1. The predicted molar refractivity (Wildman–Crippen MR) is 65.6 cm³/mol. The molecule has 0 saturated carbocycles. The Kier molecular flexibility index (Phi) is 4.76. The minimum atomic E-state index is -1.51. The quantitative estimate of drug-likeness (QED) is 0.569. The van der Waals surface area contributed by atoms with E-state index in [9.17, 15) is 9.90 Å². The molecule has 1 atom stereocenters. The maximum absolute atomic E-state index is 10.6. The van der Waals surface area contributed by atoms with Crippen LogP contribution >= 0.6 is 15.9 Å². The third-order valence-corrected chi connectivity index (χ3v) is 2.75. The van der Waals surface area contributed by atoms with Crippen LogP contribution in [0.25, 0.3) is 0 Å². The molecule has 1 rings (SSSR count). The number of halogens is 1. The second-order valence-electron chi connectivity index (χ2n) is 3.54. The summed E-state index contributed by atoms with van der Waals surface area (Å²) in [5, 5.41) is 19.0. The number of anilines is 1. The summed E-state index contributed by atoms with van der Waals surface area (Å²) in [5.41, 5.74) is 7.40. The highest BCUT2D eigenvalue weighted by atomic mass is 79.9. The fraction of sp³-hybridized carbons (Fsp3) is 0.364. The minimum Gasteiger partial charge on any atom is -0.479 e. The van der Waals surface area contributed by atoms with Crippen LogP contribution in [-0.4, -0.2) is 21.5 Å². The normalized spacial score (nSPS) is 12.4. The minimum absolute atomic E-state index is 0.331. The number of aliphatic carboxylic acids is 1. The van der Waals surface area contributed by atoms with Crippen LogP contribution in [0.5, 0.6) is 0 Å². The summed E-state index contributed by atoms with van der Waals surface area (Å²) in [7, 11) is 0. The zero-order chi connectivity index (χ0) is 12.1. The van der Waals surface area contributed by atoms with Gasteiger partial charge in [0.15, 0.2) is 6.10 Å². The molecule has 0 heterocycles. The Balaban J connectivity index is 2.93. The van der Waals surface area contributed by atoms with E-state index in [2.05, 4.69) is 15.9 Å². The van der Waals surface area contributed by atoms with Gasteiger partial charge in [0.25, 0.3) is 0 Å². The number of alkyl halides is 1. The van der Waals surface area contributed by atoms with E-state index in [0.717, 1.165) is 23.7 Å². The number of aryl methyl sites for hydroxylation is 1. The van der Waals surface area contributed by atoms with Crippen molar-refractivity contribution in [1.82, 2.24) is 0 Å². The number of nitrogens with two attached hydrogens (primary N) is 1. The molecule has 0 bridgehead atoms. The highest BCUT2D eigenvalue weighted by Gasteiger charge is 2.16. The predicted octanol–water partition coefficient (Wildman–Crippen LogP) is 1.71. The van der Waals surface area contributed by atoms with Crippen LogP contribution in [-0.2, 0) is 11.2 Å². The van der Waals surface area contributed by atoms with Gasteiger partial charge in [-0.05, 0) is 36.1 Å². The Labute approximate surface area is 102 Å². The lowest BCUT2D eigenvalue weighted by Crippen LogP contribution is -2.11. The van der Waals surface area contributed by atoms with Crippen molar-refractivity contribution in [2.24, 2.45) is 0 Å². The van der Waals surface area contributed by atoms with Gasteiger partial charge in [-0.15, -0.1) is 0 Å². The number of carboxylic acids is 1. The monoisotopic (exact) mass is 287 g/mol. The van der Waals surface area contributed by atoms with Crippen molar-refractivity contribution in [3.8, 4) is 0 Å². The molecule has 0 aromatic heterocycles. The van der Waals surface area contributed by atoms with E-state index in [1.54, 1.807) is 12.1 Å². The van der Waals surface area contributed by atoms with Crippen LogP contribution in [0, 0.1) is 0 Å². The molecule has 0 spiro atoms. The summed E-state index contributed by atoms with van der Waals surface area (Å²) in [6.07, 6.45) is 0.230. The van der Waals surface area contributed by atoms with Crippen molar-refractivity contribution in [3.05, 3.63) is 29.3 Å². The van der Waals surface area contributed by atoms with Gasteiger partial charge in [-0.1, -0.05) is 22.0 Å². The van der Waals surface area contributed by atoms with Crippen molar-refractivity contribution in [1.29, 1.82) is 0 Å². The first-order valence-electron chi connectivity index (χ1n) is 4.90. The number of benzene rings is 1. The van der Waals surface area contributed by atoms with E-state index in [0.29, 0.717) is 11.3 Å². The zero-order valence-corrected chi connectivity index (χ0v) is 10.3. The van der Waals surface area contributed by atoms with Crippen LogP contribution in [0.4, 0.5) is 5.69 Å². The summed E-state index contributed by atoms with van der Waals surface area (Å²) < 4.78 is 0. The van der Waals surface area contributed by atoms with Crippen LogP contribution in [0.15, 0.2) is 18.2 Å². The molecule has 0 fully saturated rings. The first-order chi connectivity index (χ1) is 7.54. The Morgan fingerprint density at radius 1 is 1.44 bits per heavy atom. The Bertz CT molecular complexity index is 381. The molecule has 0 radical (unpaired) electrons. The third-order valence-electron chi connectivity index (χ3n) is 2.19. The van der Waals surface area contributed by atoms with Crippen LogP contribution in [0.2, 0.25) is 0 Å². The molecule has 4 nitrogen and oxygen atoms in total. The van der Waals surface area contributed by atoms with Crippen LogP contribution < -0.4 is 5.73 Å².